The molecular weight excluding hydrogens is 208 g/mol. The lowest BCUT2D eigenvalue weighted by molar-refractivity contribution is -0.122. The predicted molar refractivity (Wildman–Crippen MR) is 67.7 cm³/mol. The number of hydrogen-bond donors (Lipinski definition) is 2. The Morgan fingerprint density at radius 3 is 2.47 bits per heavy atom. The highest BCUT2D eigenvalue weighted by molar-refractivity contribution is 7.80. The molecule has 15 heavy (non-hydrogen) atoms. The Balaban J connectivity index is 3.85. The highest BCUT2D eigenvalue weighted by Crippen LogP contribution is 2.04. The first-order valence-corrected chi connectivity index (χ1v) is 5.94. The highest BCUT2D eigenvalue weighted by atomic mass is 32.1. The van der Waals surface area contributed by atoms with Crippen LogP contribution in [-0.4, -0.2) is 16.9 Å². The van der Waals surface area contributed by atoms with Crippen LogP contribution in [0.2, 0.25) is 0 Å². The quantitative estimate of drug-likeness (QED) is 0.658. The van der Waals surface area contributed by atoms with Crippen molar-refractivity contribution in [3.05, 3.63) is 0 Å². The van der Waals surface area contributed by atoms with Gasteiger partial charge in [0.15, 0.2) is 0 Å². The lowest BCUT2D eigenvalue weighted by atomic mass is 10.1. The average Bonchev–Trinajstić information content (AvgIpc) is 2.13. The second-order valence-corrected chi connectivity index (χ2v) is 4.80. The summed E-state index contributed by atoms with van der Waals surface area (Å²) in [5.74, 6) is 0.665. The van der Waals surface area contributed by atoms with Crippen molar-refractivity contribution < 1.29 is 4.79 Å². The first kappa shape index (κ1) is 14.4. The topological polar surface area (TPSA) is 55.1 Å². The Kier molecular flexibility index (Phi) is 7.30. The number of thiocarbonyl (C=S) groups is 1. The number of carbonyl (C=O) groups is 1. The van der Waals surface area contributed by atoms with E-state index >= 15 is 0 Å². The maximum absolute atomic E-state index is 11.5. The molecule has 0 spiro atoms. The summed E-state index contributed by atoms with van der Waals surface area (Å²) in [6.07, 6.45) is 2.98. The summed E-state index contributed by atoms with van der Waals surface area (Å²) in [7, 11) is 0. The van der Waals surface area contributed by atoms with Gasteiger partial charge in [-0.15, -0.1) is 0 Å². The number of nitrogens with two attached hydrogens (primary N) is 1. The fraction of sp³-hybridized carbons (Fsp3) is 0.818. The Morgan fingerprint density at radius 2 is 2.07 bits per heavy atom. The largest absolute Gasteiger partial charge is 0.393 e. The molecule has 1 atom stereocenters. The van der Waals surface area contributed by atoms with Gasteiger partial charge in [0.2, 0.25) is 5.91 Å². The van der Waals surface area contributed by atoms with Gasteiger partial charge < -0.3 is 11.1 Å². The molecule has 0 radical (unpaired) electrons. The van der Waals surface area contributed by atoms with E-state index in [9.17, 15) is 4.79 Å². The third-order valence-electron chi connectivity index (χ3n) is 2.25. The summed E-state index contributed by atoms with van der Waals surface area (Å²) in [6, 6.07) is 0.0992. The molecule has 88 valence electrons. The van der Waals surface area contributed by atoms with Crippen molar-refractivity contribution in [2.45, 2.75) is 52.5 Å². The number of rotatable bonds is 7. The molecule has 0 aromatic heterocycles. The van der Waals surface area contributed by atoms with E-state index in [2.05, 4.69) is 19.2 Å². The summed E-state index contributed by atoms with van der Waals surface area (Å²) in [4.78, 5) is 12.0. The number of nitrogens with one attached hydrogen (secondary N) is 1. The minimum absolute atomic E-state index is 0.0992. The number of amides is 1. The van der Waals surface area contributed by atoms with Gasteiger partial charge in [-0.1, -0.05) is 33.0 Å². The SMILES string of the molecule is CCC(CC(N)=S)NC(=O)CCC(C)C. The second-order valence-electron chi connectivity index (χ2n) is 4.28. The number of carbonyl (C=O) groups excluding carboxylic acids is 1. The molecule has 0 saturated carbocycles. The molecule has 0 aliphatic rings. The van der Waals surface area contributed by atoms with Gasteiger partial charge >= 0.3 is 0 Å². The molecule has 0 fully saturated rings. The monoisotopic (exact) mass is 230 g/mol. The Hall–Kier alpha value is -0.640. The summed E-state index contributed by atoms with van der Waals surface area (Å²) >= 11 is 4.82. The molecule has 0 aromatic rings. The van der Waals surface area contributed by atoms with Gasteiger partial charge in [-0.05, 0) is 18.8 Å². The van der Waals surface area contributed by atoms with Gasteiger partial charge in [0.05, 0.1) is 4.99 Å². The molecule has 0 aromatic carbocycles. The molecule has 0 bridgehead atoms. The van der Waals surface area contributed by atoms with Crippen LogP contribution in [0.25, 0.3) is 0 Å². The van der Waals surface area contributed by atoms with Crippen LogP contribution >= 0.6 is 12.2 Å². The van der Waals surface area contributed by atoms with E-state index in [0.717, 1.165) is 12.8 Å². The van der Waals surface area contributed by atoms with Gasteiger partial charge in [-0.25, -0.2) is 0 Å². The minimum atomic E-state index is 0.0992. The molecule has 0 aliphatic heterocycles. The summed E-state index contributed by atoms with van der Waals surface area (Å²) in [6.45, 7) is 6.24. The minimum Gasteiger partial charge on any atom is -0.393 e. The smallest absolute Gasteiger partial charge is 0.220 e. The van der Waals surface area contributed by atoms with Gasteiger partial charge in [0.1, 0.15) is 0 Å². The maximum atomic E-state index is 11.5. The van der Waals surface area contributed by atoms with Crippen LogP contribution in [0.3, 0.4) is 0 Å². The van der Waals surface area contributed by atoms with E-state index in [1.165, 1.54) is 0 Å². The molecule has 0 aliphatic carbocycles. The van der Waals surface area contributed by atoms with E-state index in [-0.39, 0.29) is 11.9 Å². The van der Waals surface area contributed by atoms with E-state index < -0.39 is 0 Å². The van der Waals surface area contributed by atoms with Crippen LogP contribution in [0.1, 0.15) is 46.5 Å². The summed E-state index contributed by atoms with van der Waals surface area (Å²) < 4.78 is 0. The van der Waals surface area contributed by atoms with Gasteiger partial charge in [-0.3, -0.25) is 4.79 Å². The molecule has 1 amide bonds. The zero-order valence-electron chi connectivity index (χ0n) is 9.88. The van der Waals surface area contributed by atoms with Crippen molar-refractivity contribution in [3.8, 4) is 0 Å². The predicted octanol–water partition coefficient (Wildman–Crippen LogP) is 1.99. The molecule has 0 heterocycles. The lowest BCUT2D eigenvalue weighted by Crippen LogP contribution is -2.37. The maximum Gasteiger partial charge on any atom is 0.220 e. The van der Waals surface area contributed by atoms with E-state index in [1.807, 2.05) is 6.92 Å². The van der Waals surface area contributed by atoms with E-state index in [4.69, 9.17) is 18.0 Å². The van der Waals surface area contributed by atoms with Crippen LogP contribution in [0.15, 0.2) is 0 Å². The summed E-state index contributed by atoms with van der Waals surface area (Å²) in [5.41, 5.74) is 5.45. The van der Waals surface area contributed by atoms with Gasteiger partial charge in [-0.2, -0.15) is 0 Å². The van der Waals surface area contributed by atoms with Crippen LogP contribution < -0.4 is 11.1 Å². The number of hydrogen-bond acceptors (Lipinski definition) is 2. The normalized spacial score (nSPS) is 12.5. The van der Waals surface area contributed by atoms with E-state index in [0.29, 0.717) is 23.7 Å². The van der Waals surface area contributed by atoms with Crippen molar-refractivity contribution in [2.75, 3.05) is 0 Å². The standard InChI is InChI=1S/C11H22N2OS/c1-4-9(7-10(12)15)13-11(14)6-5-8(2)3/h8-9H,4-7H2,1-3H3,(H2,12,15)(H,13,14). The fourth-order valence-corrected chi connectivity index (χ4v) is 1.46. The van der Waals surface area contributed by atoms with E-state index in [1.54, 1.807) is 0 Å². The molecule has 0 saturated heterocycles. The summed E-state index contributed by atoms with van der Waals surface area (Å²) in [5, 5.41) is 2.95. The van der Waals surface area contributed by atoms with Crippen LogP contribution in [0.5, 0.6) is 0 Å². The zero-order chi connectivity index (χ0) is 11.8. The Labute approximate surface area is 97.8 Å². The van der Waals surface area contributed by atoms with Gasteiger partial charge in [0, 0.05) is 18.9 Å². The third-order valence-corrected chi connectivity index (χ3v) is 2.42. The third kappa shape index (κ3) is 8.36. The fourth-order valence-electron chi connectivity index (χ4n) is 1.26. The van der Waals surface area contributed by atoms with Crippen molar-refractivity contribution in [3.63, 3.8) is 0 Å². The first-order valence-electron chi connectivity index (χ1n) is 5.53. The van der Waals surface area contributed by atoms with Crippen LogP contribution in [0, 0.1) is 5.92 Å². The lowest BCUT2D eigenvalue weighted by Gasteiger charge is -2.16. The first-order chi connectivity index (χ1) is 6.95. The van der Waals surface area contributed by atoms with Gasteiger partial charge in [0.25, 0.3) is 0 Å². The average molecular weight is 230 g/mol. The molecule has 4 heteroatoms. The van der Waals surface area contributed by atoms with Crippen LogP contribution in [0.4, 0.5) is 0 Å². The molecule has 3 nitrogen and oxygen atoms in total. The molecule has 0 rings (SSSR count). The molecule has 1 unspecified atom stereocenters. The molecular formula is C11H22N2OS. The van der Waals surface area contributed by atoms with Crippen molar-refractivity contribution in [1.82, 2.24) is 5.32 Å². The zero-order valence-corrected chi connectivity index (χ0v) is 10.7. The molecule has 3 N–H and O–H groups in total. The van der Waals surface area contributed by atoms with Crippen molar-refractivity contribution in [2.24, 2.45) is 11.7 Å². The Morgan fingerprint density at radius 1 is 1.47 bits per heavy atom. The second kappa shape index (κ2) is 7.63. The Bertz CT molecular complexity index is 217. The van der Waals surface area contributed by atoms with Crippen molar-refractivity contribution >= 4 is 23.1 Å². The van der Waals surface area contributed by atoms with Crippen LogP contribution in [-0.2, 0) is 4.79 Å². The highest BCUT2D eigenvalue weighted by Gasteiger charge is 2.11. The van der Waals surface area contributed by atoms with Crippen molar-refractivity contribution in [1.29, 1.82) is 0 Å².